The van der Waals surface area contributed by atoms with Gasteiger partial charge in [-0.25, -0.2) is 0 Å². The summed E-state index contributed by atoms with van der Waals surface area (Å²) < 4.78 is 11.5. The van der Waals surface area contributed by atoms with Crippen LogP contribution in [0.1, 0.15) is 18.4 Å². The molecule has 3 rings (SSSR count). The monoisotopic (exact) mass is 351 g/mol. The SMILES string of the molecule is Clc1ccc(COc2ccc(OCC3CCCN3)cc2)c(Cl)c1. The average Bonchev–Trinajstić information content (AvgIpc) is 3.07. The van der Waals surface area contributed by atoms with Crippen LogP contribution in [0.3, 0.4) is 0 Å². The fraction of sp³-hybridized carbons (Fsp3) is 0.333. The molecule has 0 aromatic heterocycles. The highest BCUT2D eigenvalue weighted by Crippen LogP contribution is 2.24. The molecule has 1 heterocycles. The third kappa shape index (κ3) is 4.77. The van der Waals surface area contributed by atoms with E-state index in [9.17, 15) is 0 Å². The maximum atomic E-state index is 6.13. The van der Waals surface area contributed by atoms with Gasteiger partial charge in [0.25, 0.3) is 0 Å². The summed E-state index contributed by atoms with van der Waals surface area (Å²) in [5, 5.41) is 4.65. The smallest absolute Gasteiger partial charge is 0.120 e. The predicted molar refractivity (Wildman–Crippen MR) is 93.8 cm³/mol. The van der Waals surface area contributed by atoms with E-state index in [-0.39, 0.29) is 0 Å². The van der Waals surface area contributed by atoms with Crippen molar-refractivity contribution in [3.8, 4) is 11.5 Å². The molecule has 0 radical (unpaired) electrons. The van der Waals surface area contributed by atoms with Crippen LogP contribution in [-0.2, 0) is 6.61 Å². The van der Waals surface area contributed by atoms with Crippen LogP contribution in [0.5, 0.6) is 11.5 Å². The Bertz CT molecular complexity index is 640. The van der Waals surface area contributed by atoms with Gasteiger partial charge in [0.1, 0.15) is 24.7 Å². The number of nitrogens with one attached hydrogen (secondary N) is 1. The van der Waals surface area contributed by atoms with Gasteiger partial charge in [0.05, 0.1) is 0 Å². The van der Waals surface area contributed by atoms with Crippen molar-refractivity contribution in [1.82, 2.24) is 5.32 Å². The second kappa shape index (κ2) is 7.91. The molecule has 0 bridgehead atoms. The molecule has 1 atom stereocenters. The predicted octanol–water partition coefficient (Wildman–Crippen LogP) is 4.70. The van der Waals surface area contributed by atoms with E-state index in [2.05, 4.69) is 5.32 Å². The van der Waals surface area contributed by atoms with Gasteiger partial charge >= 0.3 is 0 Å². The van der Waals surface area contributed by atoms with Gasteiger partial charge < -0.3 is 14.8 Å². The van der Waals surface area contributed by atoms with E-state index in [0.717, 1.165) is 23.6 Å². The van der Waals surface area contributed by atoms with Crippen molar-refractivity contribution in [3.63, 3.8) is 0 Å². The molecule has 1 saturated heterocycles. The lowest BCUT2D eigenvalue weighted by molar-refractivity contribution is 0.275. The molecule has 1 aliphatic heterocycles. The zero-order valence-corrected chi connectivity index (χ0v) is 14.2. The fourth-order valence-corrected chi connectivity index (χ4v) is 2.99. The molecule has 0 spiro atoms. The van der Waals surface area contributed by atoms with Crippen LogP contribution in [0, 0.1) is 0 Å². The summed E-state index contributed by atoms with van der Waals surface area (Å²) in [4.78, 5) is 0. The molecule has 23 heavy (non-hydrogen) atoms. The second-order valence-electron chi connectivity index (χ2n) is 5.60. The number of benzene rings is 2. The minimum Gasteiger partial charge on any atom is -0.492 e. The third-order valence-corrected chi connectivity index (χ3v) is 4.43. The Hall–Kier alpha value is -1.42. The van der Waals surface area contributed by atoms with Gasteiger partial charge in [0.2, 0.25) is 0 Å². The van der Waals surface area contributed by atoms with Crippen LogP contribution in [0.2, 0.25) is 10.0 Å². The highest BCUT2D eigenvalue weighted by atomic mass is 35.5. The molecule has 2 aromatic rings. The van der Waals surface area contributed by atoms with E-state index in [1.807, 2.05) is 30.3 Å². The van der Waals surface area contributed by atoms with Gasteiger partial charge in [-0.3, -0.25) is 0 Å². The van der Waals surface area contributed by atoms with Gasteiger partial charge in [-0.2, -0.15) is 0 Å². The van der Waals surface area contributed by atoms with Gasteiger partial charge in [-0.1, -0.05) is 29.3 Å². The highest BCUT2D eigenvalue weighted by molar-refractivity contribution is 6.35. The normalized spacial score (nSPS) is 17.2. The highest BCUT2D eigenvalue weighted by Gasteiger charge is 2.14. The van der Waals surface area contributed by atoms with E-state index in [1.54, 1.807) is 12.1 Å². The zero-order valence-electron chi connectivity index (χ0n) is 12.7. The minimum absolute atomic E-state index is 0.405. The summed E-state index contributed by atoms with van der Waals surface area (Å²) in [5.41, 5.74) is 0.906. The molecular weight excluding hydrogens is 333 g/mol. The van der Waals surface area contributed by atoms with Crippen LogP contribution in [0.25, 0.3) is 0 Å². The zero-order chi connectivity index (χ0) is 16.1. The lowest BCUT2D eigenvalue weighted by Crippen LogP contribution is -2.28. The number of rotatable bonds is 6. The van der Waals surface area contributed by atoms with Crippen LogP contribution < -0.4 is 14.8 Å². The Morgan fingerprint density at radius 1 is 1.00 bits per heavy atom. The Morgan fingerprint density at radius 2 is 1.74 bits per heavy atom. The van der Waals surface area contributed by atoms with Crippen molar-refractivity contribution in [3.05, 3.63) is 58.1 Å². The first-order valence-corrected chi connectivity index (χ1v) is 8.49. The summed E-state index contributed by atoms with van der Waals surface area (Å²) in [6, 6.07) is 13.5. The number of halogens is 2. The van der Waals surface area contributed by atoms with Crippen LogP contribution in [0.4, 0.5) is 0 Å². The molecule has 5 heteroatoms. The first-order chi connectivity index (χ1) is 11.2. The second-order valence-corrected chi connectivity index (χ2v) is 6.44. The minimum atomic E-state index is 0.405. The topological polar surface area (TPSA) is 30.5 Å². The number of hydrogen-bond acceptors (Lipinski definition) is 3. The summed E-state index contributed by atoms with van der Waals surface area (Å²) >= 11 is 12.0. The summed E-state index contributed by atoms with van der Waals surface area (Å²) in [5.74, 6) is 1.64. The molecule has 122 valence electrons. The molecular formula is C18H19Cl2NO2. The van der Waals surface area contributed by atoms with Crippen molar-refractivity contribution in [2.75, 3.05) is 13.2 Å². The van der Waals surface area contributed by atoms with E-state index in [4.69, 9.17) is 32.7 Å². The van der Waals surface area contributed by atoms with Crippen molar-refractivity contribution >= 4 is 23.2 Å². The largest absolute Gasteiger partial charge is 0.492 e. The van der Waals surface area contributed by atoms with Crippen molar-refractivity contribution in [2.45, 2.75) is 25.5 Å². The van der Waals surface area contributed by atoms with Gasteiger partial charge in [0.15, 0.2) is 0 Å². The molecule has 0 saturated carbocycles. The lowest BCUT2D eigenvalue weighted by atomic mass is 10.2. The molecule has 3 nitrogen and oxygen atoms in total. The summed E-state index contributed by atoms with van der Waals surface area (Å²) in [6.45, 7) is 2.21. The Balaban J connectivity index is 1.50. The van der Waals surface area contributed by atoms with Crippen LogP contribution in [0.15, 0.2) is 42.5 Å². The molecule has 1 N–H and O–H groups in total. The number of ether oxygens (including phenoxy) is 2. The quantitative estimate of drug-likeness (QED) is 0.817. The van der Waals surface area contributed by atoms with Gasteiger partial charge in [-0.15, -0.1) is 0 Å². The lowest BCUT2D eigenvalue weighted by Gasteiger charge is -2.13. The summed E-state index contributed by atoms with van der Waals surface area (Å²) in [6.07, 6.45) is 2.41. The van der Waals surface area contributed by atoms with Crippen molar-refractivity contribution in [1.29, 1.82) is 0 Å². The standard InChI is InChI=1S/C18H19Cl2NO2/c19-14-4-3-13(18(20)10-14)11-22-16-5-7-17(8-6-16)23-12-15-2-1-9-21-15/h3-8,10,15,21H,1-2,9,11-12H2. The Labute approximate surface area is 146 Å². The first kappa shape index (κ1) is 16.4. The van der Waals surface area contributed by atoms with Crippen molar-refractivity contribution < 1.29 is 9.47 Å². The van der Waals surface area contributed by atoms with Crippen LogP contribution in [-0.4, -0.2) is 19.2 Å². The van der Waals surface area contributed by atoms with E-state index >= 15 is 0 Å². The average molecular weight is 352 g/mol. The third-order valence-electron chi connectivity index (χ3n) is 3.85. The van der Waals surface area contributed by atoms with E-state index in [1.165, 1.54) is 12.8 Å². The van der Waals surface area contributed by atoms with Gasteiger partial charge in [-0.05, 0) is 55.8 Å². The van der Waals surface area contributed by atoms with Crippen LogP contribution >= 0.6 is 23.2 Å². The first-order valence-electron chi connectivity index (χ1n) is 7.74. The Kier molecular flexibility index (Phi) is 5.65. The maximum Gasteiger partial charge on any atom is 0.120 e. The molecule has 1 aliphatic rings. The summed E-state index contributed by atoms with van der Waals surface area (Å²) in [7, 11) is 0. The van der Waals surface area contributed by atoms with Gasteiger partial charge in [0, 0.05) is 21.7 Å². The van der Waals surface area contributed by atoms with E-state index < -0.39 is 0 Å². The number of hydrogen-bond donors (Lipinski definition) is 1. The Morgan fingerprint density at radius 3 is 2.39 bits per heavy atom. The maximum absolute atomic E-state index is 6.13. The molecule has 1 fully saturated rings. The molecule has 1 unspecified atom stereocenters. The van der Waals surface area contributed by atoms with E-state index in [0.29, 0.717) is 29.3 Å². The van der Waals surface area contributed by atoms with Crippen molar-refractivity contribution in [2.24, 2.45) is 0 Å². The molecule has 2 aromatic carbocycles. The molecule has 0 aliphatic carbocycles. The molecule has 0 amide bonds. The fourth-order valence-electron chi connectivity index (χ4n) is 2.53.